The number of aromatic nitrogens is 1. The van der Waals surface area contributed by atoms with Crippen LogP contribution in [-0.2, 0) is 14.3 Å². The topological polar surface area (TPSA) is 89.5 Å². The van der Waals surface area contributed by atoms with E-state index in [4.69, 9.17) is 15.9 Å². The lowest BCUT2D eigenvalue weighted by molar-refractivity contribution is -0.147. The summed E-state index contributed by atoms with van der Waals surface area (Å²) in [6.07, 6.45) is 6.52. The van der Waals surface area contributed by atoms with E-state index < -0.39 is 12.1 Å². The number of benzene rings is 1. The van der Waals surface area contributed by atoms with Gasteiger partial charge in [-0.2, -0.15) is 0 Å². The molecular formula is C21H21N3O4. The van der Waals surface area contributed by atoms with Gasteiger partial charge in [0.15, 0.2) is 0 Å². The van der Waals surface area contributed by atoms with Crippen molar-refractivity contribution in [2.75, 3.05) is 18.5 Å². The Kier molecular flexibility index (Phi) is 5.80. The summed E-state index contributed by atoms with van der Waals surface area (Å²) in [4.78, 5) is 26.8. The van der Waals surface area contributed by atoms with E-state index in [1.54, 1.807) is 12.3 Å². The predicted molar refractivity (Wildman–Crippen MR) is 105 cm³/mol. The van der Waals surface area contributed by atoms with Crippen molar-refractivity contribution in [2.45, 2.75) is 26.0 Å². The highest BCUT2D eigenvalue weighted by Crippen LogP contribution is 2.34. The number of esters is 1. The Labute approximate surface area is 163 Å². The summed E-state index contributed by atoms with van der Waals surface area (Å²) in [6, 6.07) is 9.17. The van der Waals surface area contributed by atoms with Gasteiger partial charge in [-0.15, -0.1) is 6.42 Å². The van der Waals surface area contributed by atoms with E-state index in [1.807, 2.05) is 24.3 Å². The number of ether oxygens (including phenoxy) is 2. The van der Waals surface area contributed by atoms with E-state index in [1.165, 1.54) is 13.8 Å². The van der Waals surface area contributed by atoms with Crippen LogP contribution in [0.3, 0.4) is 0 Å². The molecule has 0 fully saturated rings. The molecule has 2 heterocycles. The molecule has 0 unspecified atom stereocenters. The SMILES string of the molecule is C#Cc1ccc(-c2ccc3c(c2)OC[C@@H]([C@H](CNC(C)=O)OC(C)=O)N3)cn1. The molecule has 28 heavy (non-hydrogen) atoms. The van der Waals surface area contributed by atoms with Gasteiger partial charge in [-0.05, 0) is 23.8 Å². The highest BCUT2D eigenvalue weighted by Gasteiger charge is 2.29. The molecule has 0 bridgehead atoms. The van der Waals surface area contributed by atoms with Crippen LogP contribution in [0.4, 0.5) is 5.69 Å². The molecule has 7 nitrogen and oxygen atoms in total. The molecule has 2 N–H and O–H groups in total. The lowest BCUT2D eigenvalue weighted by Crippen LogP contribution is -2.49. The van der Waals surface area contributed by atoms with E-state index in [9.17, 15) is 9.59 Å². The Morgan fingerprint density at radius 1 is 1.36 bits per heavy atom. The fourth-order valence-electron chi connectivity index (χ4n) is 2.94. The van der Waals surface area contributed by atoms with E-state index in [2.05, 4.69) is 21.5 Å². The van der Waals surface area contributed by atoms with Crippen LogP contribution in [0, 0.1) is 12.3 Å². The third-order valence-electron chi connectivity index (χ3n) is 4.30. The maximum Gasteiger partial charge on any atom is 0.303 e. The summed E-state index contributed by atoms with van der Waals surface area (Å²) < 4.78 is 11.2. The van der Waals surface area contributed by atoms with Gasteiger partial charge in [0.05, 0.1) is 18.3 Å². The molecule has 1 amide bonds. The predicted octanol–water partition coefficient (Wildman–Crippen LogP) is 1.97. The third kappa shape index (κ3) is 4.60. The van der Waals surface area contributed by atoms with Crippen molar-refractivity contribution in [2.24, 2.45) is 0 Å². The number of anilines is 1. The second kappa shape index (κ2) is 8.44. The van der Waals surface area contributed by atoms with Gasteiger partial charge in [-0.1, -0.05) is 18.1 Å². The number of rotatable bonds is 5. The van der Waals surface area contributed by atoms with E-state index in [0.29, 0.717) is 18.1 Å². The average molecular weight is 379 g/mol. The summed E-state index contributed by atoms with van der Waals surface area (Å²) in [7, 11) is 0. The Hall–Kier alpha value is -3.53. The van der Waals surface area contributed by atoms with Gasteiger partial charge < -0.3 is 20.1 Å². The first kappa shape index (κ1) is 19.2. The van der Waals surface area contributed by atoms with Gasteiger partial charge in [-0.3, -0.25) is 9.59 Å². The number of carbonyl (C=O) groups excluding carboxylic acids is 2. The van der Waals surface area contributed by atoms with Crippen LogP contribution in [0.1, 0.15) is 19.5 Å². The number of pyridine rings is 1. The average Bonchev–Trinajstić information content (AvgIpc) is 2.70. The van der Waals surface area contributed by atoms with Crippen molar-refractivity contribution in [3.05, 3.63) is 42.2 Å². The number of hydrogen-bond donors (Lipinski definition) is 2. The monoisotopic (exact) mass is 379 g/mol. The summed E-state index contributed by atoms with van der Waals surface area (Å²) in [5.74, 6) is 2.58. The Morgan fingerprint density at radius 2 is 2.14 bits per heavy atom. The van der Waals surface area contributed by atoms with Crippen molar-refractivity contribution in [3.63, 3.8) is 0 Å². The maximum absolute atomic E-state index is 11.4. The molecule has 0 aliphatic carbocycles. The molecule has 2 aromatic rings. The standard InChI is InChI=1S/C21H21N3O4/c1-4-17-7-5-16(10-23-17)15-6-8-18-20(9-15)27-12-19(24-18)21(28-14(3)26)11-22-13(2)25/h1,5-10,19,21,24H,11-12H2,2-3H3,(H,22,25)/t19-,21-/m0/s1. The molecule has 2 atom stereocenters. The number of amides is 1. The second-order valence-corrected chi connectivity index (χ2v) is 6.43. The lowest BCUT2D eigenvalue weighted by atomic mass is 10.0. The fourth-order valence-corrected chi connectivity index (χ4v) is 2.94. The van der Waals surface area contributed by atoms with Gasteiger partial charge in [0, 0.05) is 25.6 Å². The number of carbonyl (C=O) groups is 2. The number of hydrogen-bond acceptors (Lipinski definition) is 6. The first-order valence-electron chi connectivity index (χ1n) is 8.84. The van der Waals surface area contributed by atoms with Crippen LogP contribution < -0.4 is 15.4 Å². The van der Waals surface area contributed by atoms with Crippen LogP contribution in [-0.4, -0.2) is 42.2 Å². The summed E-state index contributed by atoms with van der Waals surface area (Å²) in [5.41, 5.74) is 3.24. The second-order valence-electron chi connectivity index (χ2n) is 6.43. The number of terminal acetylenes is 1. The molecule has 7 heteroatoms. The zero-order chi connectivity index (χ0) is 20.1. The van der Waals surface area contributed by atoms with Crippen molar-refractivity contribution in [3.8, 4) is 29.2 Å². The quantitative estimate of drug-likeness (QED) is 0.610. The van der Waals surface area contributed by atoms with Crippen molar-refractivity contribution in [1.82, 2.24) is 10.3 Å². The first-order chi connectivity index (χ1) is 13.5. The van der Waals surface area contributed by atoms with Crippen molar-refractivity contribution < 1.29 is 19.1 Å². The molecule has 3 rings (SSSR count). The van der Waals surface area contributed by atoms with E-state index in [-0.39, 0.29) is 18.5 Å². The number of nitrogens with one attached hydrogen (secondary N) is 2. The van der Waals surface area contributed by atoms with Crippen LogP contribution in [0.25, 0.3) is 11.1 Å². The van der Waals surface area contributed by atoms with Gasteiger partial charge in [0.2, 0.25) is 5.91 Å². The largest absolute Gasteiger partial charge is 0.489 e. The molecule has 1 aromatic carbocycles. The molecule has 0 spiro atoms. The van der Waals surface area contributed by atoms with Gasteiger partial charge >= 0.3 is 5.97 Å². The molecule has 1 aliphatic rings. The van der Waals surface area contributed by atoms with E-state index in [0.717, 1.165) is 16.8 Å². The molecule has 0 saturated carbocycles. The first-order valence-corrected chi connectivity index (χ1v) is 8.84. The highest BCUT2D eigenvalue weighted by molar-refractivity contribution is 5.73. The molecule has 1 aliphatic heterocycles. The third-order valence-corrected chi connectivity index (χ3v) is 4.30. The lowest BCUT2D eigenvalue weighted by Gasteiger charge is -2.33. The zero-order valence-corrected chi connectivity index (χ0v) is 15.7. The highest BCUT2D eigenvalue weighted by atomic mass is 16.5. The summed E-state index contributed by atoms with van der Waals surface area (Å²) in [6.45, 7) is 3.25. The Bertz CT molecular complexity index is 918. The van der Waals surface area contributed by atoms with Crippen molar-refractivity contribution >= 4 is 17.6 Å². The number of nitrogens with zero attached hydrogens (tertiary/aromatic N) is 1. The minimum atomic E-state index is -0.547. The maximum atomic E-state index is 11.4. The fraction of sp³-hybridized carbons (Fsp3) is 0.286. The molecule has 144 valence electrons. The number of fused-ring (bicyclic) bond motifs is 1. The molecule has 0 saturated heterocycles. The molecule has 1 aromatic heterocycles. The van der Waals surface area contributed by atoms with Crippen molar-refractivity contribution in [1.29, 1.82) is 0 Å². The Morgan fingerprint density at radius 3 is 2.79 bits per heavy atom. The molecule has 0 radical (unpaired) electrons. The van der Waals surface area contributed by atoms with Gasteiger partial charge in [0.25, 0.3) is 0 Å². The minimum Gasteiger partial charge on any atom is -0.489 e. The van der Waals surface area contributed by atoms with Crippen LogP contribution >= 0.6 is 0 Å². The van der Waals surface area contributed by atoms with Gasteiger partial charge in [0.1, 0.15) is 24.2 Å². The zero-order valence-electron chi connectivity index (χ0n) is 15.7. The van der Waals surface area contributed by atoms with E-state index >= 15 is 0 Å². The smallest absolute Gasteiger partial charge is 0.303 e. The Balaban J connectivity index is 1.76. The normalized spacial score (nSPS) is 15.8. The van der Waals surface area contributed by atoms with Crippen LogP contribution in [0.5, 0.6) is 5.75 Å². The summed E-state index contributed by atoms with van der Waals surface area (Å²) in [5, 5.41) is 6.01. The summed E-state index contributed by atoms with van der Waals surface area (Å²) >= 11 is 0. The van der Waals surface area contributed by atoms with Gasteiger partial charge in [-0.25, -0.2) is 4.98 Å². The minimum absolute atomic E-state index is 0.191. The van der Waals surface area contributed by atoms with Crippen LogP contribution in [0.2, 0.25) is 0 Å². The van der Waals surface area contributed by atoms with Crippen LogP contribution in [0.15, 0.2) is 36.5 Å². The molecular weight excluding hydrogens is 358 g/mol.